The molecule has 0 aliphatic heterocycles. The summed E-state index contributed by atoms with van der Waals surface area (Å²) in [6.07, 6.45) is 0.871. The van der Waals surface area contributed by atoms with E-state index in [1.54, 1.807) is 25.3 Å². The number of carbonyl (C=O) groups is 2. The molecule has 180 valence electrons. The number of ketones is 1. The van der Waals surface area contributed by atoms with Crippen LogP contribution in [0.3, 0.4) is 0 Å². The minimum atomic E-state index is -0.245. The number of fused-ring (bicyclic) bond motifs is 3. The molecule has 0 atom stereocenters. The van der Waals surface area contributed by atoms with Crippen LogP contribution in [0, 0.1) is 0 Å². The van der Waals surface area contributed by atoms with Crippen LogP contribution in [0.25, 0.3) is 11.1 Å². The van der Waals surface area contributed by atoms with Gasteiger partial charge < -0.3 is 14.8 Å². The Morgan fingerprint density at radius 3 is 2.28 bits per heavy atom. The van der Waals surface area contributed by atoms with E-state index in [-0.39, 0.29) is 11.7 Å². The average molecular weight is 496 g/mol. The Labute approximate surface area is 214 Å². The molecule has 0 saturated carbocycles. The molecular formula is C30H25NO4S. The highest BCUT2D eigenvalue weighted by Gasteiger charge is 2.19. The number of ether oxygens (including phenoxy) is 2. The fourth-order valence-corrected chi connectivity index (χ4v) is 5.16. The zero-order chi connectivity index (χ0) is 25.1. The summed E-state index contributed by atoms with van der Waals surface area (Å²) in [4.78, 5) is 26.5. The van der Waals surface area contributed by atoms with Gasteiger partial charge in [-0.15, -0.1) is 11.8 Å². The van der Waals surface area contributed by atoms with Crippen molar-refractivity contribution in [3.05, 3.63) is 107 Å². The quantitative estimate of drug-likeness (QED) is 0.197. The standard InChI is InChI=1S/C30H25NO4S/c1-34-28-14-8-21(17-29(28)35-2)30(33)31-23-9-11-24(12-10-23)36-18-27(32)20-7-13-26-22(16-20)15-19-5-3-4-6-25(19)26/h3-14,16-17H,15,18H2,1-2H3,(H,31,33). The summed E-state index contributed by atoms with van der Waals surface area (Å²) < 4.78 is 10.5. The Hall–Kier alpha value is -4.03. The fourth-order valence-electron chi connectivity index (χ4n) is 4.37. The Morgan fingerprint density at radius 2 is 1.50 bits per heavy atom. The van der Waals surface area contributed by atoms with Gasteiger partial charge in [0.25, 0.3) is 5.91 Å². The molecule has 1 N–H and O–H groups in total. The average Bonchev–Trinajstić information content (AvgIpc) is 3.30. The van der Waals surface area contributed by atoms with Gasteiger partial charge in [-0.2, -0.15) is 0 Å². The topological polar surface area (TPSA) is 64.6 Å². The SMILES string of the molecule is COc1ccc(C(=O)Nc2ccc(SCC(=O)c3ccc4c(c3)Cc3ccccc3-4)cc2)cc1OC. The number of hydrogen-bond acceptors (Lipinski definition) is 5. The number of amides is 1. The van der Waals surface area contributed by atoms with Gasteiger partial charge in [0.2, 0.25) is 0 Å². The molecular weight excluding hydrogens is 470 g/mol. The molecule has 36 heavy (non-hydrogen) atoms. The Kier molecular flexibility index (Phi) is 6.78. The van der Waals surface area contributed by atoms with Gasteiger partial charge in [-0.1, -0.05) is 36.4 Å². The van der Waals surface area contributed by atoms with Crippen LogP contribution < -0.4 is 14.8 Å². The first kappa shape index (κ1) is 23.7. The summed E-state index contributed by atoms with van der Waals surface area (Å²) >= 11 is 1.48. The molecule has 0 aromatic heterocycles. The molecule has 1 aliphatic rings. The summed E-state index contributed by atoms with van der Waals surface area (Å²) in [6.45, 7) is 0. The van der Waals surface area contributed by atoms with Gasteiger partial charge in [0.1, 0.15) is 0 Å². The van der Waals surface area contributed by atoms with E-state index in [4.69, 9.17) is 9.47 Å². The summed E-state index contributed by atoms with van der Waals surface area (Å²) in [5, 5.41) is 2.88. The van der Waals surface area contributed by atoms with E-state index in [9.17, 15) is 9.59 Å². The third-order valence-electron chi connectivity index (χ3n) is 6.24. The van der Waals surface area contributed by atoms with Crippen molar-refractivity contribution in [2.45, 2.75) is 11.3 Å². The maximum absolute atomic E-state index is 12.9. The highest BCUT2D eigenvalue weighted by atomic mass is 32.2. The highest BCUT2D eigenvalue weighted by molar-refractivity contribution is 8.00. The van der Waals surface area contributed by atoms with Crippen LogP contribution in [-0.2, 0) is 6.42 Å². The van der Waals surface area contributed by atoms with Crippen molar-refractivity contribution >= 4 is 29.1 Å². The van der Waals surface area contributed by atoms with Crippen molar-refractivity contribution in [2.24, 2.45) is 0 Å². The van der Waals surface area contributed by atoms with Crippen LogP contribution in [0.4, 0.5) is 5.69 Å². The van der Waals surface area contributed by atoms with Gasteiger partial charge in [0.05, 0.1) is 20.0 Å². The highest BCUT2D eigenvalue weighted by Crippen LogP contribution is 2.37. The lowest BCUT2D eigenvalue weighted by atomic mass is 10.0. The third-order valence-corrected chi connectivity index (χ3v) is 7.26. The van der Waals surface area contributed by atoms with Gasteiger partial charge in [0.15, 0.2) is 17.3 Å². The smallest absolute Gasteiger partial charge is 0.255 e. The number of carbonyl (C=O) groups excluding carboxylic acids is 2. The molecule has 6 heteroatoms. The second-order valence-electron chi connectivity index (χ2n) is 8.47. The lowest BCUT2D eigenvalue weighted by Crippen LogP contribution is -2.12. The Morgan fingerprint density at radius 1 is 0.778 bits per heavy atom. The van der Waals surface area contributed by atoms with Crippen molar-refractivity contribution in [1.29, 1.82) is 0 Å². The molecule has 5 rings (SSSR count). The maximum atomic E-state index is 12.9. The summed E-state index contributed by atoms with van der Waals surface area (Å²) in [7, 11) is 3.08. The van der Waals surface area contributed by atoms with Gasteiger partial charge in [-0.3, -0.25) is 9.59 Å². The van der Waals surface area contributed by atoms with E-state index in [1.807, 2.05) is 36.4 Å². The number of benzene rings is 4. The molecule has 0 bridgehead atoms. The molecule has 0 unspecified atom stereocenters. The minimum Gasteiger partial charge on any atom is -0.493 e. The minimum absolute atomic E-state index is 0.101. The molecule has 5 nitrogen and oxygen atoms in total. The van der Waals surface area contributed by atoms with E-state index in [1.165, 1.54) is 41.1 Å². The molecule has 1 amide bonds. The van der Waals surface area contributed by atoms with Crippen molar-refractivity contribution < 1.29 is 19.1 Å². The number of anilines is 1. The summed E-state index contributed by atoms with van der Waals surface area (Å²) in [5.41, 5.74) is 6.89. The number of Topliss-reactive ketones (excluding diaryl/α,β-unsaturated/α-hetero) is 1. The van der Waals surface area contributed by atoms with Crippen LogP contribution in [0.1, 0.15) is 31.8 Å². The van der Waals surface area contributed by atoms with Gasteiger partial charge in [-0.25, -0.2) is 0 Å². The van der Waals surface area contributed by atoms with E-state index in [0.29, 0.717) is 28.5 Å². The van der Waals surface area contributed by atoms with Crippen LogP contribution >= 0.6 is 11.8 Å². The summed E-state index contributed by atoms with van der Waals surface area (Å²) in [6, 6.07) is 26.9. The predicted octanol–water partition coefficient (Wildman–Crippen LogP) is 6.50. The maximum Gasteiger partial charge on any atom is 0.255 e. The predicted molar refractivity (Wildman–Crippen MR) is 144 cm³/mol. The first-order valence-electron chi connectivity index (χ1n) is 11.6. The molecule has 4 aromatic carbocycles. The summed E-state index contributed by atoms with van der Waals surface area (Å²) in [5.74, 6) is 1.27. The first-order chi connectivity index (χ1) is 17.6. The van der Waals surface area contributed by atoms with Crippen LogP contribution in [-0.4, -0.2) is 31.7 Å². The molecule has 4 aromatic rings. The molecule has 0 saturated heterocycles. The lowest BCUT2D eigenvalue weighted by Gasteiger charge is -2.10. The Balaban J connectivity index is 1.18. The fraction of sp³-hybridized carbons (Fsp3) is 0.133. The second kappa shape index (κ2) is 10.3. The van der Waals surface area contributed by atoms with Crippen molar-refractivity contribution in [2.75, 3.05) is 25.3 Å². The first-order valence-corrected chi connectivity index (χ1v) is 12.5. The largest absolute Gasteiger partial charge is 0.493 e. The van der Waals surface area contributed by atoms with Crippen molar-refractivity contribution in [1.82, 2.24) is 0 Å². The van der Waals surface area contributed by atoms with E-state index >= 15 is 0 Å². The molecule has 1 aliphatic carbocycles. The molecule has 0 spiro atoms. The van der Waals surface area contributed by atoms with Gasteiger partial charge in [-0.05, 0) is 77.2 Å². The van der Waals surface area contributed by atoms with Crippen LogP contribution in [0.5, 0.6) is 11.5 Å². The number of methoxy groups -OCH3 is 2. The van der Waals surface area contributed by atoms with Crippen molar-refractivity contribution in [3.63, 3.8) is 0 Å². The van der Waals surface area contributed by atoms with E-state index in [0.717, 1.165) is 16.9 Å². The molecule has 0 heterocycles. The number of nitrogens with one attached hydrogen (secondary N) is 1. The third kappa shape index (κ3) is 4.86. The Bertz CT molecular complexity index is 1450. The zero-order valence-electron chi connectivity index (χ0n) is 20.0. The number of thioether (sulfide) groups is 1. The molecule has 0 radical (unpaired) electrons. The van der Waals surface area contributed by atoms with E-state index < -0.39 is 0 Å². The number of rotatable bonds is 8. The van der Waals surface area contributed by atoms with Crippen LogP contribution in [0.2, 0.25) is 0 Å². The normalized spacial score (nSPS) is 11.4. The van der Waals surface area contributed by atoms with Crippen molar-refractivity contribution in [3.8, 4) is 22.6 Å². The zero-order valence-corrected chi connectivity index (χ0v) is 20.9. The lowest BCUT2D eigenvalue weighted by molar-refractivity contribution is 0.101. The number of hydrogen-bond donors (Lipinski definition) is 1. The van der Waals surface area contributed by atoms with Gasteiger partial charge >= 0.3 is 0 Å². The monoisotopic (exact) mass is 495 g/mol. The van der Waals surface area contributed by atoms with E-state index in [2.05, 4.69) is 35.6 Å². The second-order valence-corrected chi connectivity index (χ2v) is 9.51. The van der Waals surface area contributed by atoms with Crippen LogP contribution in [0.15, 0.2) is 89.8 Å². The van der Waals surface area contributed by atoms with Gasteiger partial charge in [0, 0.05) is 21.7 Å². The molecule has 0 fully saturated rings.